The van der Waals surface area contributed by atoms with E-state index < -0.39 is 0 Å². The predicted molar refractivity (Wildman–Crippen MR) is 59.8 cm³/mol. The minimum atomic E-state index is 0.495. The van der Waals surface area contributed by atoms with Crippen molar-refractivity contribution >= 4 is 17.4 Å². The molecule has 0 radical (unpaired) electrons. The normalized spacial score (nSPS) is 10.2. The largest absolute Gasteiger partial charge is 0.354 e. The number of hydrogen-bond acceptors (Lipinski definition) is 3. The Bertz CT molecular complexity index is 272. The smallest absolute Gasteiger partial charge is 0.171 e. The molecule has 0 saturated carbocycles. The lowest BCUT2D eigenvalue weighted by molar-refractivity contribution is 0.732. The predicted octanol–water partition coefficient (Wildman–Crippen LogP) is 2.76. The molecule has 0 aliphatic rings. The average molecular weight is 214 g/mol. The van der Waals surface area contributed by atoms with Crippen LogP contribution < -0.4 is 4.90 Å². The number of hydrogen-bond donors (Lipinski definition) is 0. The molecule has 14 heavy (non-hydrogen) atoms. The molecule has 78 valence electrons. The Morgan fingerprint density at radius 3 is 2.21 bits per heavy atom. The molecule has 3 nitrogen and oxygen atoms in total. The quantitative estimate of drug-likeness (QED) is 0.753. The molecule has 0 N–H and O–H groups in total. The molecule has 0 aliphatic heterocycles. The Morgan fingerprint density at radius 2 is 1.71 bits per heavy atom. The van der Waals surface area contributed by atoms with Gasteiger partial charge in [0.2, 0.25) is 0 Å². The molecular formula is C10H16ClN3. The van der Waals surface area contributed by atoms with Crippen LogP contribution in [0.25, 0.3) is 0 Å². The van der Waals surface area contributed by atoms with Gasteiger partial charge in [0, 0.05) is 25.5 Å². The summed E-state index contributed by atoms with van der Waals surface area (Å²) in [5.74, 6) is 0.804. The maximum atomic E-state index is 5.98. The third-order valence-corrected chi connectivity index (χ3v) is 2.19. The van der Waals surface area contributed by atoms with Gasteiger partial charge in [-0.2, -0.15) is 0 Å². The van der Waals surface area contributed by atoms with Gasteiger partial charge in [-0.25, -0.2) is 9.97 Å². The van der Waals surface area contributed by atoms with Crippen molar-refractivity contribution in [3.8, 4) is 0 Å². The maximum absolute atomic E-state index is 5.98. The van der Waals surface area contributed by atoms with Gasteiger partial charge in [0.25, 0.3) is 0 Å². The minimum Gasteiger partial charge on any atom is -0.354 e. The highest BCUT2D eigenvalue weighted by molar-refractivity contribution is 6.31. The number of anilines is 1. The van der Waals surface area contributed by atoms with Gasteiger partial charge in [-0.05, 0) is 12.8 Å². The van der Waals surface area contributed by atoms with Crippen LogP contribution in [0.5, 0.6) is 0 Å². The van der Waals surface area contributed by atoms with Crippen molar-refractivity contribution in [1.29, 1.82) is 0 Å². The van der Waals surface area contributed by atoms with E-state index in [2.05, 4.69) is 28.7 Å². The molecule has 0 fully saturated rings. The summed E-state index contributed by atoms with van der Waals surface area (Å²) >= 11 is 5.98. The summed E-state index contributed by atoms with van der Waals surface area (Å²) in [6.07, 6.45) is 5.47. The zero-order valence-electron chi connectivity index (χ0n) is 8.70. The van der Waals surface area contributed by atoms with Crippen LogP contribution in [-0.4, -0.2) is 23.1 Å². The molecule has 1 rings (SSSR count). The third kappa shape index (κ3) is 2.84. The summed E-state index contributed by atoms with van der Waals surface area (Å²) in [5, 5.41) is 0.495. The lowest BCUT2D eigenvalue weighted by Gasteiger charge is -2.22. The molecule has 0 spiro atoms. The maximum Gasteiger partial charge on any atom is 0.171 e. The molecule has 0 saturated heterocycles. The van der Waals surface area contributed by atoms with E-state index >= 15 is 0 Å². The van der Waals surface area contributed by atoms with Crippen LogP contribution in [0.2, 0.25) is 5.15 Å². The van der Waals surface area contributed by atoms with Crippen LogP contribution in [-0.2, 0) is 0 Å². The number of nitrogens with zero attached hydrogens (tertiary/aromatic N) is 3. The summed E-state index contributed by atoms with van der Waals surface area (Å²) in [5.41, 5.74) is 0. The van der Waals surface area contributed by atoms with Crippen molar-refractivity contribution < 1.29 is 0 Å². The Hall–Kier alpha value is -0.830. The topological polar surface area (TPSA) is 29.0 Å². The van der Waals surface area contributed by atoms with Crippen molar-refractivity contribution in [3.63, 3.8) is 0 Å². The highest BCUT2D eigenvalue weighted by atomic mass is 35.5. The summed E-state index contributed by atoms with van der Waals surface area (Å²) in [6.45, 7) is 6.25. The second-order valence-electron chi connectivity index (χ2n) is 3.16. The summed E-state index contributed by atoms with van der Waals surface area (Å²) in [7, 11) is 0. The molecule has 1 heterocycles. The first-order valence-electron chi connectivity index (χ1n) is 5.01. The van der Waals surface area contributed by atoms with E-state index in [9.17, 15) is 0 Å². The van der Waals surface area contributed by atoms with E-state index in [-0.39, 0.29) is 0 Å². The molecule has 0 unspecified atom stereocenters. The summed E-state index contributed by atoms with van der Waals surface area (Å²) in [4.78, 5) is 10.4. The Kier molecular flexibility index (Phi) is 4.66. The van der Waals surface area contributed by atoms with Crippen LogP contribution in [0.1, 0.15) is 26.7 Å². The van der Waals surface area contributed by atoms with Gasteiger partial charge in [0.1, 0.15) is 0 Å². The molecule has 0 atom stereocenters. The number of aromatic nitrogens is 2. The van der Waals surface area contributed by atoms with E-state index in [4.69, 9.17) is 11.6 Å². The van der Waals surface area contributed by atoms with Crippen molar-refractivity contribution in [2.24, 2.45) is 0 Å². The van der Waals surface area contributed by atoms with Crippen molar-refractivity contribution in [2.75, 3.05) is 18.0 Å². The van der Waals surface area contributed by atoms with Gasteiger partial charge in [-0.3, -0.25) is 0 Å². The van der Waals surface area contributed by atoms with Gasteiger partial charge in [0.15, 0.2) is 11.0 Å². The Labute approximate surface area is 90.1 Å². The van der Waals surface area contributed by atoms with Crippen LogP contribution in [0.3, 0.4) is 0 Å². The fraction of sp³-hybridized carbons (Fsp3) is 0.600. The highest BCUT2D eigenvalue weighted by Gasteiger charge is 2.10. The molecule has 1 aromatic rings. The second-order valence-corrected chi connectivity index (χ2v) is 3.52. The lowest BCUT2D eigenvalue weighted by Crippen LogP contribution is -2.26. The van der Waals surface area contributed by atoms with E-state index in [0.717, 1.165) is 31.7 Å². The number of halogens is 1. The van der Waals surface area contributed by atoms with Crippen molar-refractivity contribution in [2.45, 2.75) is 26.7 Å². The van der Waals surface area contributed by atoms with Crippen LogP contribution in [0, 0.1) is 0 Å². The molecular weight excluding hydrogens is 198 g/mol. The first-order chi connectivity index (χ1) is 6.79. The standard InChI is InChI=1S/C10H16ClN3/c1-3-7-14(8-4-2)10-9(11)12-5-6-13-10/h5-6H,3-4,7-8H2,1-2H3. The third-order valence-electron chi connectivity index (χ3n) is 1.92. The molecule has 4 heteroatoms. The average Bonchev–Trinajstić information content (AvgIpc) is 2.18. The zero-order valence-corrected chi connectivity index (χ0v) is 9.46. The molecule has 0 amide bonds. The van der Waals surface area contributed by atoms with Crippen LogP contribution >= 0.6 is 11.6 Å². The summed E-state index contributed by atoms with van der Waals surface area (Å²) < 4.78 is 0. The van der Waals surface area contributed by atoms with E-state index in [1.807, 2.05) is 0 Å². The zero-order chi connectivity index (χ0) is 10.4. The monoisotopic (exact) mass is 213 g/mol. The van der Waals surface area contributed by atoms with Gasteiger partial charge in [0.05, 0.1) is 0 Å². The molecule has 0 bridgehead atoms. The van der Waals surface area contributed by atoms with Crippen molar-refractivity contribution in [1.82, 2.24) is 9.97 Å². The Balaban J connectivity index is 2.81. The summed E-state index contributed by atoms with van der Waals surface area (Å²) in [6, 6.07) is 0. The van der Waals surface area contributed by atoms with Crippen LogP contribution in [0.15, 0.2) is 12.4 Å². The van der Waals surface area contributed by atoms with Gasteiger partial charge >= 0.3 is 0 Å². The van der Waals surface area contributed by atoms with E-state index in [1.165, 1.54) is 0 Å². The second kappa shape index (κ2) is 5.81. The van der Waals surface area contributed by atoms with Crippen molar-refractivity contribution in [3.05, 3.63) is 17.5 Å². The first-order valence-corrected chi connectivity index (χ1v) is 5.38. The van der Waals surface area contributed by atoms with Gasteiger partial charge in [-0.1, -0.05) is 25.4 Å². The molecule has 0 aromatic carbocycles. The number of rotatable bonds is 5. The molecule has 1 aromatic heterocycles. The lowest BCUT2D eigenvalue weighted by atomic mass is 10.3. The molecule has 0 aliphatic carbocycles. The SMILES string of the molecule is CCCN(CCC)c1nccnc1Cl. The van der Waals surface area contributed by atoms with Gasteiger partial charge < -0.3 is 4.90 Å². The van der Waals surface area contributed by atoms with Crippen LogP contribution in [0.4, 0.5) is 5.82 Å². The minimum absolute atomic E-state index is 0.495. The fourth-order valence-corrected chi connectivity index (χ4v) is 1.61. The van der Waals surface area contributed by atoms with E-state index in [0.29, 0.717) is 5.15 Å². The fourth-order valence-electron chi connectivity index (χ4n) is 1.39. The first kappa shape index (κ1) is 11.2. The van der Waals surface area contributed by atoms with E-state index in [1.54, 1.807) is 12.4 Å². The highest BCUT2D eigenvalue weighted by Crippen LogP contribution is 2.19. The van der Waals surface area contributed by atoms with Gasteiger partial charge in [-0.15, -0.1) is 0 Å². The Morgan fingerprint density at radius 1 is 1.14 bits per heavy atom.